The highest BCUT2D eigenvalue weighted by Gasteiger charge is 2.66. The third kappa shape index (κ3) is 3.38. The van der Waals surface area contributed by atoms with E-state index in [0.29, 0.717) is 9.84 Å². The number of hydrogen-bond donors (Lipinski definition) is 1. The van der Waals surface area contributed by atoms with E-state index in [2.05, 4.69) is 27.9 Å². The number of hydrogen-bond acceptors (Lipinski definition) is 4. The number of esters is 1. The van der Waals surface area contributed by atoms with E-state index >= 15 is 0 Å². The van der Waals surface area contributed by atoms with Crippen LogP contribution < -0.4 is 5.32 Å². The third-order valence-electron chi connectivity index (χ3n) is 3.89. The van der Waals surface area contributed by atoms with E-state index in [1.54, 1.807) is 20.8 Å². The highest BCUT2D eigenvalue weighted by molar-refractivity contribution is 14.1. The first-order valence-electron chi connectivity index (χ1n) is 6.83. The SMILES string of the molecule is COC(=O)[C@@H](CC12CC(I)(C1)C2)NC(=O)OC(C)(C)C. The number of carbonyl (C=O) groups is 2. The first-order chi connectivity index (χ1) is 9.06. The van der Waals surface area contributed by atoms with Crippen LogP contribution in [0.2, 0.25) is 0 Å². The average Bonchev–Trinajstić information content (AvgIpc) is 2.20. The van der Waals surface area contributed by atoms with Gasteiger partial charge < -0.3 is 14.8 Å². The standard InChI is InChI=1S/C14H22INO4/c1-12(2,3)20-11(18)16-9(10(17)19-4)5-13-6-14(15,7-13)8-13/h9H,5-8H2,1-4H3,(H,16,18)/t9-,13?,14?/m1/s1. The largest absolute Gasteiger partial charge is 0.467 e. The van der Waals surface area contributed by atoms with Crippen molar-refractivity contribution in [1.29, 1.82) is 0 Å². The summed E-state index contributed by atoms with van der Waals surface area (Å²) < 4.78 is 10.4. The third-order valence-corrected chi connectivity index (χ3v) is 5.03. The molecule has 0 aliphatic heterocycles. The summed E-state index contributed by atoms with van der Waals surface area (Å²) in [5, 5.41) is 2.65. The van der Waals surface area contributed by atoms with Crippen molar-refractivity contribution in [3.05, 3.63) is 0 Å². The smallest absolute Gasteiger partial charge is 0.408 e. The van der Waals surface area contributed by atoms with Gasteiger partial charge >= 0.3 is 12.1 Å². The van der Waals surface area contributed by atoms with Crippen molar-refractivity contribution in [2.75, 3.05) is 7.11 Å². The molecule has 0 unspecified atom stereocenters. The number of halogens is 1. The molecule has 20 heavy (non-hydrogen) atoms. The van der Waals surface area contributed by atoms with E-state index < -0.39 is 23.7 Å². The number of amides is 1. The van der Waals surface area contributed by atoms with Crippen LogP contribution in [0.4, 0.5) is 4.79 Å². The van der Waals surface area contributed by atoms with Crippen LogP contribution in [0.3, 0.4) is 0 Å². The van der Waals surface area contributed by atoms with Crippen molar-refractivity contribution in [1.82, 2.24) is 5.32 Å². The Labute approximate surface area is 133 Å². The Hall–Kier alpha value is -0.530. The minimum Gasteiger partial charge on any atom is -0.467 e. The molecule has 114 valence electrons. The Morgan fingerprint density at radius 2 is 1.85 bits per heavy atom. The zero-order valence-electron chi connectivity index (χ0n) is 12.4. The Kier molecular flexibility index (Phi) is 3.99. The van der Waals surface area contributed by atoms with E-state index in [1.165, 1.54) is 7.11 Å². The second-order valence-electron chi connectivity index (χ2n) is 7.11. The first-order valence-corrected chi connectivity index (χ1v) is 7.91. The number of alkyl halides is 1. The molecule has 0 radical (unpaired) electrons. The summed E-state index contributed by atoms with van der Waals surface area (Å²) in [4.78, 5) is 23.6. The summed E-state index contributed by atoms with van der Waals surface area (Å²) in [5.74, 6) is -0.400. The summed E-state index contributed by atoms with van der Waals surface area (Å²) in [6.07, 6.45) is 3.46. The maximum atomic E-state index is 11.8. The van der Waals surface area contributed by atoms with Gasteiger partial charge in [-0.1, -0.05) is 22.6 Å². The molecule has 0 aromatic heterocycles. The van der Waals surface area contributed by atoms with Gasteiger partial charge in [0.2, 0.25) is 0 Å². The quantitative estimate of drug-likeness (QED) is 0.452. The van der Waals surface area contributed by atoms with Crippen LogP contribution in [0, 0.1) is 5.41 Å². The molecule has 3 aliphatic carbocycles. The van der Waals surface area contributed by atoms with Gasteiger partial charge in [-0.25, -0.2) is 9.59 Å². The van der Waals surface area contributed by atoms with E-state index in [0.717, 1.165) is 19.3 Å². The van der Waals surface area contributed by atoms with Crippen LogP contribution in [0.1, 0.15) is 46.5 Å². The van der Waals surface area contributed by atoms with Crippen LogP contribution in [0.5, 0.6) is 0 Å². The number of alkyl carbamates (subject to hydrolysis) is 1. The molecule has 3 saturated carbocycles. The van der Waals surface area contributed by atoms with Crippen LogP contribution in [0.25, 0.3) is 0 Å². The van der Waals surface area contributed by atoms with E-state index in [4.69, 9.17) is 9.47 Å². The molecular weight excluding hydrogens is 373 g/mol. The highest BCUT2D eigenvalue weighted by Crippen LogP contribution is 2.73. The van der Waals surface area contributed by atoms with Crippen molar-refractivity contribution >= 4 is 34.7 Å². The molecule has 3 fully saturated rings. The summed E-state index contributed by atoms with van der Waals surface area (Å²) in [5.41, 5.74) is -0.359. The first kappa shape index (κ1) is 15.9. The average molecular weight is 395 g/mol. The predicted molar refractivity (Wildman–Crippen MR) is 82.8 cm³/mol. The van der Waals surface area contributed by atoms with E-state index in [9.17, 15) is 9.59 Å². The fraction of sp³-hybridized carbons (Fsp3) is 0.857. The molecule has 0 aromatic carbocycles. The Bertz CT molecular complexity index is 410. The molecule has 6 heteroatoms. The normalized spacial score (nSPS) is 32.5. The van der Waals surface area contributed by atoms with Gasteiger partial charge in [0.15, 0.2) is 0 Å². The fourth-order valence-corrected chi connectivity index (χ4v) is 5.72. The number of rotatable bonds is 4. The minimum absolute atomic E-state index is 0.217. The second-order valence-corrected chi connectivity index (χ2v) is 9.40. The molecule has 0 heterocycles. The van der Waals surface area contributed by atoms with Crippen molar-refractivity contribution in [3.8, 4) is 0 Å². The van der Waals surface area contributed by atoms with Gasteiger partial charge in [0, 0.05) is 3.42 Å². The van der Waals surface area contributed by atoms with Gasteiger partial charge in [0.25, 0.3) is 0 Å². The summed E-state index contributed by atoms with van der Waals surface area (Å²) in [7, 11) is 1.34. The molecule has 1 atom stereocenters. The van der Waals surface area contributed by atoms with Crippen LogP contribution in [-0.4, -0.2) is 34.2 Å². The Balaban J connectivity index is 1.91. The van der Waals surface area contributed by atoms with E-state index in [1.807, 2.05) is 0 Å². The maximum Gasteiger partial charge on any atom is 0.408 e. The number of methoxy groups -OCH3 is 1. The lowest BCUT2D eigenvalue weighted by Gasteiger charge is -2.69. The second kappa shape index (κ2) is 5.03. The van der Waals surface area contributed by atoms with Crippen molar-refractivity contribution in [2.45, 2.75) is 61.5 Å². The van der Waals surface area contributed by atoms with Crippen LogP contribution in [-0.2, 0) is 14.3 Å². The molecule has 0 spiro atoms. The molecule has 0 aromatic rings. The summed E-state index contributed by atoms with van der Waals surface area (Å²) >= 11 is 2.49. The molecule has 2 bridgehead atoms. The molecule has 3 aliphatic rings. The molecule has 3 rings (SSSR count). The van der Waals surface area contributed by atoms with Gasteiger partial charge in [-0.3, -0.25) is 0 Å². The lowest BCUT2D eigenvalue weighted by atomic mass is 9.42. The zero-order chi connectivity index (χ0) is 15.2. The van der Waals surface area contributed by atoms with Gasteiger partial charge in [-0.05, 0) is 51.9 Å². The predicted octanol–water partition coefficient (Wildman–Crippen LogP) is 2.80. The highest BCUT2D eigenvalue weighted by atomic mass is 127. The molecule has 1 N–H and O–H groups in total. The maximum absolute atomic E-state index is 11.8. The zero-order valence-corrected chi connectivity index (χ0v) is 14.6. The number of carbonyl (C=O) groups excluding carboxylic acids is 2. The molecule has 5 nitrogen and oxygen atoms in total. The molecule has 0 saturated heterocycles. The van der Waals surface area contributed by atoms with Crippen LogP contribution >= 0.6 is 22.6 Å². The van der Waals surface area contributed by atoms with Crippen molar-refractivity contribution in [2.24, 2.45) is 5.41 Å². The van der Waals surface area contributed by atoms with Gasteiger partial charge in [-0.2, -0.15) is 0 Å². The van der Waals surface area contributed by atoms with Gasteiger partial charge in [0.1, 0.15) is 11.6 Å². The number of nitrogens with one attached hydrogen (secondary N) is 1. The van der Waals surface area contributed by atoms with Gasteiger partial charge in [-0.15, -0.1) is 0 Å². The fourth-order valence-electron chi connectivity index (χ4n) is 3.30. The summed E-state index contributed by atoms with van der Waals surface area (Å²) in [6, 6.07) is -0.615. The van der Waals surface area contributed by atoms with Crippen molar-refractivity contribution in [3.63, 3.8) is 0 Å². The van der Waals surface area contributed by atoms with Crippen molar-refractivity contribution < 1.29 is 19.1 Å². The molecular formula is C14H22INO4. The lowest BCUT2D eigenvalue weighted by molar-refractivity contribution is -0.148. The minimum atomic E-state index is -0.615. The topological polar surface area (TPSA) is 64.6 Å². The Morgan fingerprint density at radius 1 is 1.30 bits per heavy atom. The molecule has 1 amide bonds. The summed E-state index contributed by atoms with van der Waals surface area (Å²) in [6.45, 7) is 5.38. The monoisotopic (exact) mass is 395 g/mol. The van der Waals surface area contributed by atoms with Gasteiger partial charge in [0.05, 0.1) is 7.11 Å². The lowest BCUT2D eigenvalue weighted by Crippen LogP contribution is -2.65. The number of ether oxygens (including phenoxy) is 2. The Morgan fingerprint density at radius 3 is 2.25 bits per heavy atom. The van der Waals surface area contributed by atoms with Crippen LogP contribution in [0.15, 0.2) is 0 Å². The van der Waals surface area contributed by atoms with E-state index in [-0.39, 0.29) is 5.41 Å².